The van der Waals surface area contributed by atoms with Gasteiger partial charge >= 0.3 is 57.4 Å². The van der Waals surface area contributed by atoms with Crippen LogP contribution in [0, 0.1) is 0 Å². The van der Waals surface area contributed by atoms with Crippen LogP contribution in [0.25, 0.3) is 0 Å². The number of carbonyl (C=O) groups is 1. The van der Waals surface area contributed by atoms with Crippen LogP contribution in [-0.2, 0) is 33.2 Å². The quantitative estimate of drug-likeness (QED) is 0.0251. The number of hydrogen-bond donors (Lipinski definition) is 11. The molecule has 3 aliphatic heterocycles. The van der Waals surface area contributed by atoms with E-state index in [1.54, 1.807) is 0 Å². The third-order valence-electron chi connectivity index (χ3n) is 9.15. The van der Waals surface area contributed by atoms with Crippen molar-refractivity contribution in [3.63, 3.8) is 0 Å². The maximum atomic E-state index is 12.6. The summed E-state index contributed by atoms with van der Waals surface area (Å²) in [6.45, 7) is 0.510. The van der Waals surface area contributed by atoms with Crippen molar-refractivity contribution < 1.29 is 146 Å². The molecule has 298 valence electrons. The molecule has 0 bridgehead atoms. The van der Waals surface area contributed by atoms with Crippen LogP contribution in [0.4, 0.5) is 0 Å². The van der Waals surface area contributed by atoms with E-state index in [9.17, 15) is 66.1 Å². The second-order valence-corrected chi connectivity index (χ2v) is 13.0. The van der Waals surface area contributed by atoms with E-state index < -0.39 is 136 Å². The SMILES string of the molecule is CCCCCCCCO[C@@H]1O[C@H](CO)[C@@H](O[C@@H]2O[C@H](CO)[C@H](O[C@]3(C(=O)O)C[C@H](O)[C@@H](N=C(C)[O-])[C@H]([C@H](O)[C@H](O)CO)O3)[C@H](O)[C@H]2O)[C@H](O)[C@H]1O.[K+]. The molecule has 3 aliphatic rings. The second-order valence-electron chi connectivity index (χ2n) is 13.0. The fraction of sp³-hybridized carbons (Fsp3) is 0.935. The van der Waals surface area contributed by atoms with Crippen molar-refractivity contribution in [3.05, 3.63) is 0 Å². The molecule has 0 radical (unpaired) electrons. The zero-order valence-corrected chi connectivity index (χ0v) is 32.7. The Bertz CT molecular complexity index is 1090. The third-order valence-corrected chi connectivity index (χ3v) is 9.15. The molecule has 0 aromatic carbocycles. The average molecular weight is 784 g/mol. The van der Waals surface area contributed by atoms with Gasteiger partial charge in [-0.15, -0.1) is 0 Å². The van der Waals surface area contributed by atoms with E-state index in [-0.39, 0.29) is 58.0 Å². The van der Waals surface area contributed by atoms with Gasteiger partial charge in [0.15, 0.2) is 12.6 Å². The van der Waals surface area contributed by atoms with Crippen molar-refractivity contribution in [3.8, 4) is 0 Å². The predicted molar refractivity (Wildman–Crippen MR) is 166 cm³/mol. The van der Waals surface area contributed by atoms with Crippen LogP contribution in [0.15, 0.2) is 4.99 Å². The van der Waals surface area contributed by atoms with Crippen LogP contribution in [-0.4, -0.2) is 192 Å². The van der Waals surface area contributed by atoms with Crippen LogP contribution in [0.3, 0.4) is 0 Å². The van der Waals surface area contributed by atoms with Gasteiger partial charge in [0.1, 0.15) is 73.2 Å². The molecule has 0 saturated carbocycles. The van der Waals surface area contributed by atoms with Crippen molar-refractivity contribution in [1.82, 2.24) is 0 Å². The summed E-state index contributed by atoms with van der Waals surface area (Å²) in [5.74, 6) is -5.78. The molecular formula is C31H54KNO19. The topological polar surface area (TPSA) is 330 Å². The maximum Gasteiger partial charge on any atom is 1.00 e. The van der Waals surface area contributed by atoms with Crippen molar-refractivity contribution in [2.45, 2.75) is 156 Å². The fourth-order valence-electron chi connectivity index (χ4n) is 6.31. The van der Waals surface area contributed by atoms with Crippen molar-refractivity contribution in [2.75, 3.05) is 26.4 Å². The van der Waals surface area contributed by atoms with Gasteiger partial charge in [0.2, 0.25) is 0 Å². The summed E-state index contributed by atoms with van der Waals surface area (Å²) in [6.07, 6.45) is -20.6. The van der Waals surface area contributed by atoms with Gasteiger partial charge in [-0.05, 0) is 19.2 Å². The maximum absolute atomic E-state index is 12.6. The van der Waals surface area contributed by atoms with Gasteiger partial charge in [0.25, 0.3) is 5.79 Å². The summed E-state index contributed by atoms with van der Waals surface area (Å²) in [5.41, 5.74) is 0. The van der Waals surface area contributed by atoms with Gasteiger partial charge in [-0.3, -0.25) is 4.99 Å². The van der Waals surface area contributed by atoms with Gasteiger partial charge in [-0.1, -0.05) is 39.0 Å². The van der Waals surface area contributed by atoms with E-state index in [1.165, 1.54) is 0 Å². The Hall–Kier alpha value is -0.0636. The number of carboxylic acids is 1. The molecule has 0 aliphatic carbocycles. The largest absolute Gasteiger partial charge is 1.00 e. The van der Waals surface area contributed by atoms with Gasteiger partial charge in [-0.25, -0.2) is 4.79 Å². The second kappa shape index (κ2) is 22.6. The van der Waals surface area contributed by atoms with Crippen LogP contribution in [0.5, 0.6) is 0 Å². The Morgan fingerprint density at radius 1 is 0.885 bits per heavy atom. The number of aliphatic carboxylic acids is 1. The van der Waals surface area contributed by atoms with Crippen LogP contribution in [0.1, 0.15) is 58.8 Å². The molecule has 0 aromatic heterocycles. The number of aliphatic imine (C=N–C) groups is 1. The summed E-state index contributed by atoms with van der Waals surface area (Å²) >= 11 is 0. The number of aliphatic hydroxyl groups excluding tert-OH is 10. The summed E-state index contributed by atoms with van der Waals surface area (Å²) in [6, 6.07) is -1.64. The van der Waals surface area contributed by atoms with E-state index in [2.05, 4.69) is 11.9 Å². The van der Waals surface area contributed by atoms with E-state index in [1.807, 2.05) is 0 Å². The summed E-state index contributed by atoms with van der Waals surface area (Å²) in [7, 11) is 0. The average Bonchev–Trinajstić information content (AvgIpc) is 3.10. The zero-order valence-electron chi connectivity index (χ0n) is 29.6. The standard InChI is InChI=1S/C31H55NO19.K/c1-3-4-5-6-7-8-9-46-28-23(42)21(40)25(17(12-34)47-28)49-29-24(43)22(41)26(18(13-35)48-29)50-31(30(44)45)10-15(37)19(32-14(2)36)27(51-31)20(39)16(38)11-33;/h15-29,33-35,37-43H,3-13H2,1-2H3,(H,32,36)(H,44,45);/q;+1/p-1/t15-,16+,17+,18+,19+,20+,21+,22+,23+,24+,25+,26-,27+,28+,29-,31+;/m0./s1. The Kier molecular flexibility index (Phi) is 20.9. The minimum atomic E-state index is -2.98. The van der Waals surface area contributed by atoms with Gasteiger partial charge < -0.3 is 89.7 Å². The Morgan fingerprint density at radius 3 is 2.02 bits per heavy atom. The van der Waals surface area contributed by atoms with Crippen LogP contribution < -0.4 is 56.5 Å². The summed E-state index contributed by atoms with van der Waals surface area (Å²) in [4.78, 5) is 16.2. The van der Waals surface area contributed by atoms with Crippen molar-refractivity contribution >= 4 is 11.9 Å². The molecule has 0 amide bonds. The number of hydrogen-bond acceptors (Lipinski definition) is 19. The Balaban J connectivity index is 0.00000936. The van der Waals surface area contributed by atoms with E-state index >= 15 is 0 Å². The number of unbranched alkanes of at least 4 members (excludes halogenated alkanes) is 5. The molecule has 0 unspecified atom stereocenters. The minimum Gasteiger partial charge on any atom is -0.862 e. The van der Waals surface area contributed by atoms with Gasteiger partial charge in [-0.2, -0.15) is 0 Å². The van der Waals surface area contributed by atoms with E-state index in [0.717, 1.165) is 39.0 Å². The normalized spacial score (nSPS) is 39.8. The number of aliphatic hydroxyl groups is 10. The third kappa shape index (κ3) is 12.0. The molecule has 16 atom stereocenters. The minimum absolute atomic E-state index is 0. The molecule has 0 aromatic rings. The molecule has 21 heteroatoms. The Labute approximate surface area is 343 Å². The molecule has 3 rings (SSSR count). The van der Waals surface area contributed by atoms with E-state index in [0.29, 0.717) is 6.42 Å². The van der Waals surface area contributed by atoms with Gasteiger partial charge in [0, 0.05) is 13.0 Å². The molecule has 0 spiro atoms. The number of carboxylic acid groups (broad SMARTS) is 1. The first-order valence-electron chi connectivity index (χ1n) is 17.1. The van der Waals surface area contributed by atoms with Gasteiger partial charge in [0.05, 0.1) is 25.9 Å². The first kappa shape index (κ1) is 48.1. The predicted octanol–water partition coefficient (Wildman–Crippen LogP) is -8.19. The van der Waals surface area contributed by atoms with Crippen LogP contribution in [0.2, 0.25) is 0 Å². The molecule has 52 heavy (non-hydrogen) atoms. The number of ether oxygens (including phenoxy) is 6. The molecule has 20 nitrogen and oxygen atoms in total. The smallest absolute Gasteiger partial charge is 0.862 e. The van der Waals surface area contributed by atoms with Crippen molar-refractivity contribution in [2.24, 2.45) is 4.99 Å². The zero-order chi connectivity index (χ0) is 38.0. The molecule has 3 saturated heterocycles. The molecule has 11 N–H and O–H groups in total. The fourth-order valence-corrected chi connectivity index (χ4v) is 6.31. The monoisotopic (exact) mass is 783 g/mol. The first-order chi connectivity index (χ1) is 24.2. The Morgan fingerprint density at radius 2 is 1.44 bits per heavy atom. The molecular weight excluding hydrogens is 729 g/mol. The first-order valence-corrected chi connectivity index (χ1v) is 17.1. The summed E-state index contributed by atoms with van der Waals surface area (Å²) < 4.78 is 33.6. The number of nitrogens with zero attached hydrogens (tertiary/aromatic N) is 1. The summed E-state index contributed by atoms with van der Waals surface area (Å²) in [5, 5.41) is 127. The molecule has 3 heterocycles. The van der Waals surface area contributed by atoms with E-state index in [4.69, 9.17) is 28.4 Å². The van der Waals surface area contributed by atoms with Crippen molar-refractivity contribution in [1.29, 1.82) is 0 Å². The number of rotatable bonds is 19. The molecule has 3 fully saturated rings. The van der Waals surface area contributed by atoms with Crippen LogP contribution >= 0.6 is 0 Å².